The van der Waals surface area contributed by atoms with E-state index in [1.807, 2.05) is 0 Å². The van der Waals surface area contributed by atoms with Crippen molar-refractivity contribution in [3.63, 3.8) is 0 Å². The Balaban J connectivity index is 3.36. The molecule has 3 N–H and O–H groups in total. The van der Waals surface area contributed by atoms with Gasteiger partial charge in [-0.15, -0.1) is 0 Å². The highest BCUT2D eigenvalue weighted by atomic mass is 19.3. The van der Waals surface area contributed by atoms with Gasteiger partial charge in [-0.1, -0.05) is 0 Å². The van der Waals surface area contributed by atoms with Gasteiger partial charge >= 0.3 is 0 Å². The van der Waals surface area contributed by atoms with Crippen molar-refractivity contribution in [2.24, 2.45) is 5.73 Å². The summed E-state index contributed by atoms with van der Waals surface area (Å²) in [6.07, 6.45) is -2.73. The third kappa shape index (κ3) is 2.26. The van der Waals surface area contributed by atoms with Crippen LogP contribution in [0.1, 0.15) is 28.9 Å². The maximum Gasteiger partial charge on any atom is 0.265 e. The highest BCUT2D eigenvalue weighted by molar-refractivity contribution is 5.39. The van der Waals surface area contributed by atoms with Crippen LogP contribution in [0.2, 0.25) is 0 Å². The number of nitrogens with zero attached hydrogens (tertiary/aromatic N) is 2. The number of nitriles is 1. The van der Waals surface area contributed by atoms with Crippen molar-refractivity contribution in [1.29, 1.82) is 5.26 Å². The zero-order chi connectivity index (χ0) is 11.4. The minimum atomic E-state index is -2.73. The Hall–Kier alpha value is -1.58. The molecule has 1 heterocycles. The molecule has 6 heteroatoms. The first-order chi connectivity index (χ1) is 7.13. The molecule has 0 aliphatic rings. The number of aliphatic hydroxyl groups is 1. The van der Waals surface area contributed by atoms with Crippen molar-refractivity contribution >= 4 is 0 Å². The minimum absolute atomic E-state index is 0.00745. The summed E-state index contributed by atoms with van der Waals surface area (Å²) in [5, 5.41) is 17.5. The van der Waals surface area contributed by atoms with Crippen LogP contribution < -0.4 is 5.73 Å². The lowest BCUT2D eigenvalue weighted by Crippen LogP contribution is -2.09. The average Bonchev–Trinajstić information content (AvgIpc) is 2.26. The molecular formula is C9H9F2N3O. The van der Waals surface area contributed by atoms with Crippen LogP contribution in [0.5, 0.6) is 0 Å². The van der Waals surface area contributed by atoms with Gasteiger partial charge in [0.1, 0.15) is 6.07 Å². The first-order valence-electron chi connectivity index (χ1n) is 4.15. The van der Waals surface area contributed by atoms with Gasteiger partial charge in [0, 0.05) is 12.1 Å². The molecule has 80 valence electrons. The van der Waals surface area contributed by atoms with Crippen LogP contribution in [0.25, 0.3) is 0 Å². The predicted molar refractivity (Wildman–Crippen MR) is 47.7 cm³/mol. The summed E-state index contributed by atoms with van der Waals surface area (Å²) in [5.74, 6) is 0. The second kappa shape index (κ2) is 4.77. The summed E-state index contributed by atoms with van der Waals surface area (Å²) < 4.78 is 25.0. The zero-order valence-electron chi connectivity index (χ0n) is 7.74. The van der Waals surface area contributed by atoms with E-state index in [0.717, 1.165) is 6.07 Å². The van der Waals surface area contributed by atoms with Gasteiger partial charge in [-0.25, -0.2) is 8.78 Å². The minimum Gasteiger partial charge on any atom is -0.390 e. The second-order valence-electron chi connectivity index (χ2n) is 2.79. The van der Waals surface area contributed by atoms with Crippen LogP contribution in [-0.2, 0) is 13.2 Å². The third-order valence-corrected chi connectivity index (χ3v) is 1.91. The number of aliphatic hydroxyl groups excluding tert-OH is 1. The SMILES string of the molecule is N#Cc1cc(C(F)F)c(CN)nc1CO. The van der Waals surface area contributed by atoms with Crippen LogP contribution in [0.4, 0.5) is 8.78 Å². The lowest BCUT2D eigenvalue weighted by molar-refractivity contribution is 0.149. The van der Waals surface area contributed by atoms with Crippen molar-refractivity contribution in [2.75, 3.05) is 0 Å². The Bertz CT molecular complexity index is 401. The number of hydrogen-bond donors (Lipinski definition) is 2. The number of aromatic nitrogens is 1. The Morgan fingerprint density at radius 1 is 1.53 bits per heavy atom. The molecule has 0 fully saturated rings. The van der Waals surface area contributed by atoms with E-state index in [2.05, 4.69) is 4.98 Å². The summed E-state index contributed by atoms with van der Waals surface area (Å²) >= 11 is 0. The zero-order valence-corrected chi connectivity index (χ0v) is 7.74. The molecule has 1 aromatic rings. The summed E-state index contributed by atoms with van der Waals surface area (Å²) in [6, 6.07) is 2.72. The fourth-order valence-electron chi connectivity index (χ4n) is 1.18. The largest absolute Gasteiger partial charge is 0.390 e. The first kappa shape index (κ1) is 11.5. The molecule has 0 aromatic carbocycles. The van der Waals surface area contributed by atoms with Gasteiger partial charge < -0.3 is 10.8 Å². The quantitative estimate of drug-likeness (QED) is 0.779. The molecule has 1 rings (SSSR count). The first-order valence-corrected chi connectivity index (χ1v) is 4.15. The Morgan fingerprint density at radius 2 is 2.20 bits per heavy atom. The molecule has 0 radical (unpaired) electrons. The maximum absolute atomic E-state index is 12.5. The van der Waals surface area contributed by atoms with Gasteiger partial charge in [-0.3, -0.25) is 4.98 Å². The van der Waals surface area contributed by atoms with Crippen LogP contribution in [0.3, 0.4) is 0 Å². The molecule has 15 heavy (non-hydrogen) atoms. The highest BCUT2D eigenvalue weighted by Gasteiger charge is 2.17. The van der Waals surface area contributed by atoms with Gasteiger partial charge in [0.2, 0.25) is 0 Å². The van der Waals surface area contributed by atoms with Gasteiger partial charge in [0.15, 0.2) is 0 Å². The molecule has 0 spiro atoms. The number of rotatable bonds is 3. The van der Waals surface area contributed by atoms with Gasteiger partial charge in [0.25, 0.3) is 6.43 Å². The van der Waals surface area contributed by atoms with Crippen molar-refractivity contribution in [3.8, 4) is 6.07 Å². The smallest absolute Gasteiger partial charge is 0.265 e. The van der Waals surface area contributed by atoms with Crippen molar-refractivity contribution in [2.45, 2.75) is 19.6 Å². The lowest BCUT2D eigenvalue weighted by atomic mass is 10.1. The summed E-state index contributed by atoms with van der Waals surface area (Å²) in [5.41, 5.74) is 4.92. The van der Waals surface area contributed by atoms with E-state index in [1.165, 1.54) is 0 Å². The molecule has 0 atom stereocenters. The molecule has 0 saturated carbocycles. The van der Waals surface area contributed by atoms with E-state index >= 15 is 0 Å². The Morgan fingerprint density at radius 3 is 2.60 bits per heavy atom. The molecule has 0 aliphatic carbocycles. The van der Waals surface area contributed by atoms with E-state index in [4.69, 9.17) is 16.1 Å². The standard InChI is InChI=1S/C9H9F2N3O/c10-9(11)6-1-5(2-12)8(4-15)14-7(6)3-13/h1,9,15H,3-4,13H2. The normalized spacial score (nSPS) is 10.4. The molecule has 4 nitrogen and oxygen atoms in total. The summed E-state index contributed by atoms with van der Waals surface area (Å²) in [4.78, 5) is 3.72. The molecule has 0 aliphatic heterocycles. The monoisotopic (exact) mass is 213 g/mol. The Labute approximate surface area is 85.0 Å². The molecule has 0 bridgehead atoms. The molecule has 1 aromatic heterocycles. The van der Waals surface area contributed by atoms with Crippen molar-refractivity contribution in [3.05, 3.63) is 28.6 Å². The topological polar surface area (TPSA) is 82.9 Å². The number of nitrogens with two attached hydrogens (primary N) is 1. The van der Waals surface area contributed by atoms with E-state index in [-0.39, 0.29) is 29.1 Å². The lowest BCUT2D eigenvalue weighted by Gasteiger charge is -2.09. The average molecular weight is 213 g/mol. The van der Waals surface area contributed by atoms with Crippen molar-refractivity contribution < 1.29 is 13.9 Å². The van der Waals surface area contributed by atoms with Crippen LogP contribution in [0.15, 0.2) is 6.07 Å². The van der Waals surface area contributed by atoms with Crippen LogP contribution >= 0.6 is 0 Å². The molecule has 0 saturated heterocycles. The van der Waals surface area contributed by atoms with Gasteiger partial charge in [-0.2, -0.15) is 5.26 Å². The summed E-state index contributed by atoms with van der Waals surface area (Å²) in [6.45, 7) is -0.627. The highest BCUT2D eigenvalue weighted by Crippen LogP contribution is 2.23. The van der Waals surface area contributed by atoms with E-state index < -0.39 is 13.0 Å². The summed E-state index contributed by atoms with van der Waals surface area (Å²) in [7, 11) is 0. The second-order valence-corrected chi connectivity index (χ2v) is 2.79. The third-order valence-electron chi connectivity index (χ3n) is 1.91. The van der Waals surface area contributed by atoms with Crippen LogP contribution in [0, 0.1) is 11.3 Å². The Kier molecular flexibility index (Phi) is 3.66. The van der Waals surface area contributed by atoms with E-state index in [0.29, 0.717) is 0 Å². The molecular weight excluding hydrogens is 204 g/mol. The van der Waals surface area contributed by atoms with Gasteiger partial charge in [0.05, 0.1) is 23.6 Å². The predicted octanol–water partition coefficient (Wildman–Crippen LogP) is 0.842. The number of halogens is 2. The number of pyridine rings is 1. The maximum atomic E-state index is 12.5. The number of hydrogen-bond acceptors (Lipinski definition) is 4. The fraction of sp³-hybridized carbons (Fsp3) is 0.333. The van der Waals surface area contributed by atoms with Crippen LogP contribution in [-0.4, -0.2) is 10.1 Å². The fourth-order valence-corrected chi connectivity index (χ4v) is 1.18. The van der Waals surface area contributed by atoms with Crippen molar-refractivity contribution in [1.82, 2.24) is 4.98 Å². The van der Waals surface area contributed by atoms with Gasteiger partial charge in [-0.05, 0) is 6.07 Å². The van der Waals surface area contributed by atoms with E-state index in [9.17, 15) is 8.78 Å². The molecule has 0 amide bonds. The van der Waals surface area contributed by atoms with E-state index in [1.54, 1.807) is 6.07 Å². The molecule has 0 unspecified atom stereocenters. The number of alkyl halides is 2.